The van der Waals surface area contributed by atoms with Crippen LogP contribution in [0.2, 0.25) is 0 Å². The van der Waals surface area contributed by atoms with Gasteiger partial charge in [0, 0.05) is 36.3 Å². The lowest BCUT2D eigenvalue weighted by molar-refractivity contribution is -0.129. The topological polar surface area (TPSA) is 101 Å². The molecule has 0 aliphatic carbocycles. The number of nitrogen functional groups attached to an aromatic ring is 1. The molecule has 1 aliphatic heterocycles. The smallest absolute Gasteiger partial charge is 0.223 e. The SMILES string of the molecule is CC(c1nc2c([nH]1)c(N)nc1cc(-c3cccnc3)ccc12)N1CCCC1=O. The Balaban J connectivity index is 1.63. The summed E-state index contributed by atoms with van der Waals surface area (Å²) >= 11 is 0. The van der Waals surface area contributed by atoms with Gasteiger partial charge in [-0.05, 0) is 37.1 Å². The molecule has 5 rings (SSSR count). The lowest BCUT2D eigenvalue weighted by atomic mass is 10.0. The second-order valence-electron chi connectivity index (χ2n) is 7.18. The van der Waals surface area contributed by atoms with Crippen LogP contribution in [0.15, 0.2) is 42.7 Å². The fourth-order valence-corrected chi connectivity index (χ4v) is 3.92. The third-order valence-corrected chi connectivity index (χ3v) is 5.44. The first kappa shape index (κ1) is 16.7. The zero-order chi connectivity index (χ0) is 19.3. The molecule has 1 atom stereocenters. The molecule has 0 radical (unpaired) electrons. The fourth-order valence-electron chi connectivity index (χ4n) is 3.92. The predicted molar refractivity (Wildman–Crippen MR) is 108 cm³/mol. The molecule has 1 amide bonds. The Morgan fingerprint density at radius 3 is 2.86 bits per heavy atom. The number of anilines is 1. The average Bonchev–Trinajstić information content (AvgIpc) is 3.35. The van der Waals surface area contributed by atoms with Crippen LogP contribution in [0, 0.1) is 0 Å². The van der Waals surface area contributed by atoms with Gasteiger partial charge in [-0.15, -0.1) is 0 Å². The number of nitrogens with zero attached hydrogens (tertiary/aromatic N) is 4. The zero-order valence-corrected chi connectivity index (χ0v) is 15.5. The Morgan fingerprint density at radius 2 is 2.11 bits per heavy atom. The van der Waals surface area contributed by atoms with Crippen molar-refractivity contribution in [1.29, 1.82) is 0 Å². The number of aromatic amines is 1. The highest BCUT2D eigenvalue weighted by molar-refractivity contribution is 6.07. The maximum atomic E-state index is 12.1. The molecular formula is C21H20N6O. The molecule has 28 heavy (non-hydrogen) atoms. The molecule has 3 N–H and O–H groups in total. The van der Waals surface area contributed by atoms with Gasteiger partial charge >= 0.3 is 0 Å². The van der Waals surface area contributed by atoms with E-state index in [0.717, 1.165) is 51.9 Å². The van der Waals surface area contributed by atoms with Crippen molar-refractivity contribution in [2.75, 3.05) is 12.3 Å². The summed E-state index contributed by atoms with van der Waals surface area (Å²) in [5.74, 6) is 1.32. The number of hydrogen-bond acceptors (Lipinski definition) is 5. The second kappa shape index (κ2) is 6.30. The van der Waals surface area contributed by atoms with Gasteiger partial charge in [-0.2, -0.15) is 0 Å². The van der Waals surface area contributed by atoms with Crippen LogP contribution >= 0.6 is 0 Å². The van der Waals surface area contributed by atoms with Crippen LogP contribution in [0.25, 0.3) is 33.1 Å². The van der Waals surface area contributed by atoms with Crippen molar-refractivity contribution < 1.29 is 4.79 Å². The molecule has 7 nitrogen and oxygen atoms in total. The normalized spacial score (nSPS) is 15.6. The molecule has 7 heteroatoms. The van der Waals surface area contributed by atoms with Crippen molar-refractivity contribution in [2.45, 2.75) is 25.8 Å². The first-order chi connectivity index (χ1) is 13.6. The minimum absolute atomic E-state index is 0.119. The third kappa shape index (κ3) is 2.58. The van der Waals surface area contributed by atoms with E-state index in [9.17, 15) is 4.79 Å². The van der Waals surface area contributed by atoms with Gasteiger partial charge in [-0.1, -0.05) is 12.1 Å². The van der Waals surface area contributed by atoms with Crippen LogP contribution in [0.1, 0.15) is 31.6 Å². The van der Waals surface area contributed by atoms with Gasteiger partial charge < -0.3 is 15.6 Å². The zero-order valence-electron chi connectivity index (χ0n) is 15.5. The van der Waals surface area contributed by atoms with Gasteiger partial charge in [-0.3, -0.25) is 9.78 Å². The van der Waals surface area contributed by atoms with Crippen LogP contribution < -0.4 is 5.73 Å². The highest BCUT2D eigenvalue weighted by Gasteiger charge is 2.28. The number of carbonyl (C=O) groups is 1. The quantitative estimate of drug-likeness (QED) is 0.574. The van der Waals surface area contributed by atoms with Gasteiger partial charge in [-0.25, -0.2) is 9.97 Å². The van der Waals surface area contributed by atoms with E-state index in [1.165, 1.54) is 0 Å². The van der Waals surface area contributed by atoms with Gasteiger partial charge in [0.2, 0.25) is 5.91 Å². The molecule has 0 spiro atoms. The van der Waals surface area contributed by atoms with Gasteiger partial charge in [0.25, 0.3) is 0 Å². The monoisotopic (exact) mass is 372 g/mol. The summed E-state index contributed by atoms with van der Waals surface area (Å²) in [6, 6.07) is 9.86. The molecule has 3 aromatic heterocycles. The number of amides is 1. The highest BCUT2D eigenvalue weighted by atomic mass is 16.2. The van der Waals surface area contributed by atoms with Crippen LogP contribution in [0.3, 0.4) is 0 Å². The Bertz CT molecular complexity index is 1200. The van der Waals surface area contributed by atoms with Crippen LogP contribution in [-0.2, 0) is 4.79 Å². The molecule has 1 aliphatic rings. The maximum absolute atomic E-state index is 12.1. The lowest BCUT2D eigenvalue weighted by Crippen LogP contribution is -2.28. The highest BCUT2D eigenvalue weighted by Crippen LogP contribution is 2.32. The fraction of sp³-hybridized carbons (Fsp3) is 0.238. The molecule has 0 saturated carbocycles. The number of pyridine rings is 2. The summed E-state index contributed by atoms with van der Waals surface area (Å²) in [6.45, 7) is 2.76. The van der Waals surface area contributed by atoms with E-state index in [0.29, 0.717) is 12.2 Å². The van der Waals surface area contributed by atoms with Crippen LogP contribution in [-0.4, -0.2) is 37.3 Å². The first-order valence-electron chi connectivity index (χ1n) is 9.40. The number of nitrogens with two attached hydrogens (primary N) is 1. The molecule has 1 fully saturated rings. The summed E-state index contributed by atoms with van der Waals surface area (Å²) in [5.41, 5.74) is 10.6. The summed E-state index contributed by atoms with van der Waals surface area (Å²) in [7, 11) is 0. The van der Waals surface area contributed by atoms with Crippen molar-refractivity contribution in [1.82, 2.24) is 24.8 Å². The van der Waals surface area contributed by atoms with E-state index in [1.54, 1.807) is 6.20 Å². The Labute approximate surface area is 161 Å². The molecule has 1 aromatic carbocycles. The number of nitrogens with one attached hydrogen (secondary N) is 1. The van der Waals surface area contributed by atoms with E-state index in [-0.39, 0.29) is 11.9 Å². The number of likely N-dealkylation sites (tertiary alicyclic amines) is 1. The summed E-state index contributed by atoms with van der Waals surface area (Å²) in [6.07, 6.45) is 5.08. The first-order valence-corrected chi connectivity index (χ1v) is 9.40. The third-order valence-electron chi connectivity index (χ3n) is 5.44. The largest absolute Gasteiger partial charge is 0.382 e. The average molecular weight is 372 g/mol. The molecule has 4 aromatic rings. The van der Waals surface area contributed by atoms with Crippen molar-refractivity contribution in [3.8, 4) is 11.1 Å². The predicted octanol–water partition coefficient (Wildman–Crippen LogP) is 3.44. The van der Waals surface area contributed by atoms with E-state index in [4.69, 9.17) is 10.7 Å². The van der Waals surface area contributed by atoms with Crippen LogP contribution in [0.5, 0.6) is 0 Å². The molecular weight excluding hydrogens is 352 g/mol. The number of imidazole rings is 1. The molecule has 1 saturated heterocycles. The minimum atomic E-state index is -0.119. The summed E-state index contributed by atoms with van der Waals surface area (Å²) in [4.78, 5) is 30.8. The lowest BCUT2D eigenvalue weighted by Gasteiger charge is -2.22. The molecule has 4 heterocycles. The van der Waals surface area contributed by atoms with Crippen molar-refractivity contribution in [3.63, 3.8) is 0 Å². The van der Waals surface area contributed by atoms with Gasteiger partial charge in [0.15, 0.2) is 0 Å². The molecule has 1 unspecified atom stereocenters. The van der Waals surface area contributed by atoms with Crippen LogP contribution in [0.4, 0.5) is 5.82 Å². The van der Waals surface area contributed by atoms with E-state index in [1.807, 2.05) is 48.4 Å². The minimum Gasteiger partial charge on any atom is -0.382 e. The number of fused-ring (bicyclic) bond motifs is 3. The van der Waals surface area contributed by atoms with E-state index < -0.39 is 0 Å². The Morgan fingerprint density at radius 1 is 1.21 bits per heavy atom. The number of benzene rings is 1. The van der Waals surface area contributed by atoms with Gasteiger partial charge in [0.1, 0.15) is 22.7 Å². The molecule has 0 bridgehead atoms. The Kier molecular flexibility index (Phi) is 3.75. The standard InChI is InChI=1S/C21H20N6O/c1-12(27-9-3-5-17(27)28)21-25-18-15-7-6-13(14-4-2-8-23-11-14)10-16(15)24-20(22)19(18)26-21/h2,4,6-8,10-12H,3,5,9H2,1H3,(H2,22,24)(H,25,26). The van der Waals surface area contributed by atoms with E-state index in [2.05, 4.69) is 15.0 Å². The summed E-state index contributed by atoms with van der Waals surface area (Å²) < 4.78 is 0. The number of H-pyrrole nitrogens is 1. The number of rotatable bonds is 3. The maximum Gasteiger partial charge on any atom is 0.223 e. The summed E-state index contributed by atoms with van der Waals surface area (Å²) in [5, 5.41) is 0.930. The van der Waals surface area contributed by atoms with Gasteiger partial charge in [0.05, 0.1) is 11.6 Å². The number of hydrogen-bond donors (Lipinski definition) is 2. The van der Waals surface area contributed by atoms with Crippen molar-refractivity contribution in [2.24, 2.45) is 0 Å². The number of carbonyl (C=O) groups excluding carboxylic acids is 1. The van der Waals surface area contributed by atoms with Crippen molar-refractivity contribution in [3.05, 3.63) is 48.5 Å². The molecule has 140 valence electrons. The number of aromatic nitrogens is 4. The van der Waals surface area contributed by atoms with E-state index >= 15 is 0 Å². The van der Waals surface area contributed by atoms with Crippen molar-refractivity contribution >= 4 is 33.7 Å². The Hall–Kier alpha value is -3.48. The second-order valence-corrected chi connectivity index (χ2v) is 7.18.